The van der Waals surface area contributed by atoms with Crippen molar-refractivity contribution in [1.82, 2.24) is 10.3 Å². The van der Waals surface area contributed by atoms with Gasteiger partial charge in [-0.3, -0.25) is 4.79 Å². The molecule has 0 saturated heterocycles. The van der Waals surface area contributed by atoms with E-state index < -0.39 is 11.5 Å². The number of hydrogen-bond acceptors (Lipinski definition) is 5. The molecule has 140 valence electrons. The van der Waals surface area contributed by atoms with Crippen LogP contribution in [0.1, 0.15) is 50.5 Å². The van der Waals surface area contributed by atoms with Crippen LogP contribution < -0.4 is 5.32 Å². The maximum atomic E-state index is 12.5. The van der Waals surface area contributed by atoms with Gasteiger partial charge in [-0.2, -0.15) is 11.3 Å². The summed E-state index contributed by atoms with van der Waals surface area (Å²) in [6.07, 6.45) is 3.68. The van der Waals surface area contributed by atoms with E-state index in [4.69, 9.17) is 4.42 Å². The van der Waals surface area contributed by atoms with E-state index in [0.717, 1.165) is 24.8 Å². The highest BCUT2D eigenvalue weighted by molar-refractivity contribution is 7.08. The maximum absolute atomic E-state index is 12.5. The van der Waals surface area contributed by atoms with Gasteiger partial charge in [0.25, 0.3) is 0 Å². The Balaban J connectivity index is 1.69. The molecular formula is C19H24N2O4S. The van der Waals surface area contributed by atoms with Gasteiger partial charge in [-0.15, -0.1) is 0 Å². The van der Waals surface area contributed by atoms with Crippen LogP contribution in [0.4, 0.5) is 0 Å². The molecule has 2 heterocycles. The lowest BCUT2D eigenvalue weighted by molar-refractivity contribution is -0.149. The van der Waals surface area contributed by atoms with Gasteiger partial charge in [-0.05, 0) is 50.0 Å². The lowest BCUT2D eigenvalue weighted by atomic mass is 9.75. The molecule has 0 bridgehead atoms. The van der Waals surface area contributed by atoms with Gasteiger partial charge >= 0.3 is 5.97 Å². The first-order valence-corrected chi connectivity index (χ1v) is 9.91. The summed E-state index contributed by atoms with van der Waals surface area (Å²) in [4.78, 5) is 28.8. The van der Waals surface area contributed by atoms with Gasteiger partial charge in [-0.25, -0.2) is 9.78 Å². The summed E-state index contributed by atoms with van der Waals surface area (Å²) in [7, 11) is 0. The van der Waals surface area contributed by atoms with Gasteiger partial charge < -0.3 is 14.8 Å². The third kappa shape index (κ3) is 3.82. The van der Waals surface area contributed by atoms with Crippen LogP contribution in [-0.4, -0.2) is 27.5 Å². The van der Waals surface area contributed by atoms with Crippen LogP contribution >= 0.6 is 11.3 Å². The van der Waals surface area contributed by atoms with Crippen molar-refractivity contribution in [1.29, 1.82) is 0 Å². The minimum atomic E-state index is -1.16. The lowest BCUT2D eigenvalue weighted by Crippen LogP contribution is -2.56. The predicted molar refractivity (Wildman–Crippen MR) is 99.0 cm³/mol. The van der Waals surface area contributed by atoms with E-state index in [1.165, 1.54) is 0 Å². The number of nitrogens with one attached hydrogen (secondary N) is 1. The van der Waals surface area contributed by atoms with E-state index in [2.05, 4.69) is 17.2 Å². The quantitative estimate of drug-likeness (QED) is 0.800. The zero-order chi connectivity index (χ0) is 18.7. The second-order valence-corrected chi connectivity index (χ2v) is 7.78. The Bertz CT molecular complexity index is 774. The van der Waals surface area contributed by atoms with Crippen molar-refractivity contribution in [2.24, 2.45) is 5.92 Å². The molecule has 26 heavy (non-hydrogen) atoms. The third-order valence-electron chi connectivity index (χ3n) is 5.31. The number of aromatic nitrogens is 1. The van der Waals surface area contributed by atoms with Gasteiger partial charge in [0.2, 0.25) is 11.8 Å². The summed E-state index contributed by atoms with van der Waals surface area (Å²) in [6.45, 7) is 3.89. The average molecular weight is 376 g/mol. The Kier molecular flexibility index (Phi) is 5.46. The Morgan fingerprint density at radius 2 is 2.15 bits per heavy atom. The molecule has 6 nitrogen and oxygen atoms in total. The molecule has 1 amide bonds. The highest BCUT2D eigenvalue weighted by atomic mass is 32.1. The van der Waals surface area contributed by atoms with Crippen LogP contribution in [0.3, 0.4) is 0 Å². The number of oxazole rings is 1. The fraction of sp³-hybridized carbons (Fsp3) is 0.526. The Morgan fingerprint density at radius 1 is 1.42 bits per heavy atom. The lowest BCUT2D eigenvalue weighted by Gasteiger charge is -2.37. The van der Waals surface area contributed by atoms with Crippen LogP contribution in [-0.2, 0) is 16.0 Å². The number of carbonyl (C=O) groups is 2. The molecule has 0 aromatic carbocycles. The molecule has 1 aliphatic rings. The monoisotopic (exact) mass is 376 g/mol. The van der Waals surface area contributed by atoms with E-state index in [1.807, 2.05) is 16.8 Å². The van der Waals surface area contributed by atoms with Gasteiger partial charge in [0.1, 0.15) is 11.3 Å². The largest absolute Gasteiger partial charge is 0.480 e. The molecular weight excluding hydrogens is 352 g/mol. The van der Waals surface area contributed by atoms with Crippen molar-refractivity contribution in [2.75, 3.05) is 0 Å². The molecule has 0 radical (unpaired) electrons. The molecule has 0 atom stereocenters. The van der Waals surface area contributed by atoms with Crippen LogP contribution in [0.5, 0.6) is 0 Å². The average Bonchev–Trinajstić information content (AvgIpc) is 3.26. The first kappa shape index (κ1) is 18.6. The summed E-state index contributed by atoms with van der Waals surface area (Å²) >= 11 is 1.55. The molecule has 0 spiro atoms. The van der Waals surface area contributed by atoms with Crippen molar-refractivity contribution in [3.63, 3.8) is 0 Å². The van der Waals surface area contributed by atoms with Crippen LogP contribution in [0.2, 0.25) is 0 Å². The van der Waals surface area contributed by atoms with Crippen molar-refractivity contribution in [3.8, 4) is 11.5 Å². The molecule has 7 heteroatoms. The fourth-order valence-electron chi connectivity index (χ4n) is 3.54. The Morgan fingerprint density at radius 3 is 2.73 bits per heavy atom. The molecule has 1 aliphatic carbocycles. The van der Waals surface area contributed by atoms with E-state index in [1.54, 1.807) is 18.3 Å². The predicted octanol–water partition coefficient (Wildman–Crippen LogP) is 3.79. The molecule has 2 aromatic rings. The number of carboxylic acids is 1. The van der Waals surface area contributed by atoms with E-state index in [-0.39, 0.29) is 12.3 Å². The second-order valence-electron chi connectivity index (χ2n) is 7.00. The van der Waals surface area contributed by atoms with Crippen LogP contribution in [0, 0.1) is 12.8 Å². The SMILES string of the molecule is CCC1CCC(NC(=O)Cc2nc(-c3ccsc3)oc2C)(C(=O)O)CC1. The number of nitrogens with zero attached hydrogens (tertiary/aromatic N) is 1. The second kappa shape index (κ2) is 7.61. The van der Waals surface area contributed by atoms with Gasteiger partial charge in [0.15, 0.2) is 0 Å². The van der Waals surface area contributed by atoms with E-state index in [0.29, 0.717) is 36.1 Å². The highest BCUT2D eigenvalue weighted by Crippen LogP contribution is 2.34. The first-order valence-electron chi connectivity index (χ1n) is 8.97. The van der Waals surface area contributed by atoms with E-state index in [9.17, 15) is 14.7 Å². The van der Waals surface area contributed by atoms with Crippen molar-refractivity contribution >= 4 is 23.2 Å². The zero-order valence-corrected chi connectivity index (χ0v) is 15.9. The normalized spacial score (nSPS) is 22.9. The number of hydrogen-bond donors (Lipinski definition) is 2. The summed E-state index contributed by atoms with van der Waals surface area (Å²) in [6, 6.07) is 1.91. The van der Waals surface area contributed by atoms with Crippen molar-refractivity contribution < 1.29 is 19.1 Å². The molecule has 2 aromatic heterocycles. The van der Waals surface area contributed by atoms with Gasteiger partial charge in [0, 0.05) is 10.9 Å². The number of carbonyl (C=O) groups excluding carboxylic acids is 1. The molecule has 3 rings (SSSR count). The molecule has 1 saturated carbocycles. The first-order chi connectivity index (χ1) is 12.4. The molecule has 2 N–H and O–H groups in total. The molecule has 0 unspecified atom stereocenters. The Labute approximate surface area is 156 Å². The van der Waals surface area contributed by atoms with Gasteiger partial charge in [-0.1, -0.05) is 13.3 Å². The number of amides is 1. The standard InChI is InChI=1S/C19H24N2O4S/c1-3-13-4-7-19(8-5-13,18(23)24)21-16(22)10-15-12(2)25-17(20-15)14-6-9-26-11-14/h6,9,11,13H,3-5,7-8,10H2,1-2H3,(H,21,22)(H,23,24). The van der Waals surface area contributed by atoms with E-state index >= 15 is 0 Å². The summed E-state index contributed by atoms with van der Waals surface area (Å²) in [5, 5.41) is 16.3. The summed E-state index contributed by atoms with van der Waals surface area (Å²) in [5.41, 5.74) is 0.271. The highest BCUT2D eigenvalue weighted by Gasteiger charge is 2.43. The smallest absolute Gasteiger partial charge is 0.329 e. The van der Waals surface area contributed by atoms with Crippen LogP contribution in [0.15, 0.2) is 21.2 Å². The molecule has 0 aliphatic heterocycles. The van der Waals surface area contributed by atoms with Crippen LogP contribution in [0.25, 0.3) is 11.5 Å². The number of aliphatic carboxylic acids is 1. The topological polar surface area (TPSA) is 92.4 Å². The minimum Gasteiger partial charge on any atom is -0.480 e. The van der Waals surface area contributed by atoms with Crippen molar-refractivity contribution in [2.45, 2.75) is 57.9 Å². The maximum Gasteiger partial charge on any atom is 0.329 e. The molecule has 1 fully saturated rings. The minimum absolute atomic E-state index is 0.0196. The zero-order valence-electron chi connectivity index (χ0n) is 15.1. The summed E-state index contributed by atoms with van der Waals surface area (Å²) in [5.74, 6) is 0.348. The summed E-state index contributed by atoms with van der Waals surface area (Å²) < 4.78 is 5.65. The number of carboxylic acid groups (broad SMARTS) is 1. The van der Waals surface area contributed by atoms with Gasteiger partial charge in [0.05, 0.1) is 12.1 Å². The fourth-order valence-corrected chi connectivity index (χ4v) is 4.17. The number of rotatable bonds is 6. The number of thiophene rings is 1. The van der Waals surface area contributed by atoms with Crippen molar-refractivity contribution in [3.05, 3.63) is 28.3 Å². The number of aryl methyl sites for hydroxylation is 1. The Hall–Kier alpha value is -2.15. The third-order valence-corrected chi connectivity index (χ3v) is 6.00.